The highest BCUT2D eigenvalue weighted by Crippen LogP contribution is 2.28. The van der Waals surface area contributed by atoms with Crippen molar-refractivity contribution >= 4 is 5.91 Å². The van der Waals surface area contributed by atoms with Crippen LogP contribution in [-0.2, 0) is 4.79 Å². The van der Waals surface area contributed by atoms with Crippen LogP contribution in [-0.4, -0.2) is 35.1 Å². The number of aliphatic hydroxyl groups is 1. The van der Waals surface area contributed by atoms with Crippen LogP contribution in [0.5, 0.6) is 0 Å². The second kappa shape index (κ2) is 5.67. The Bertz CT molecular complexity index is 236. The van der Waals surface area contributed by atoms with Gasteiger partial charge in [-0.2, -0.15) is 0 Å². The number of carbonyl (C=O) groups is 1. The van der Waals surface area contributed by atoms with E-state index in [-0.39, 0.29) is 18.6 Å². The third kappa shape index (κ3) is 2.76. The minimum atomic E-state index is 0.107. The summed E-state index contributed by atoms with van der Waals surface area (Å²) in [5.74, 6) is 0.893. The van der Waals surface area contributed by atoms with Crippen molar-refractivity contribution in [1.29, 1.82) is 0 Å². The summed E-state index contributed by atoms with van der Waals surface area (Å²) in [5.41, 5.74) is 0. The van der Waals surface area contributed by atoms with E-state index in [9.17, 15) is 9.90 Å². The Labute approximate surface area is 97.8 Å². The zero-order valence-electron chi connectivity index (χ0n) is 10.0. The van der Waals surface area contributed by atoms with E-state index in [2.05, 4.69) is 0 Å². The molecule has 3 heteroatoms. The van der Waals surface area contributed by atoms with Crippen molar-refractivity contribution in [3.63, 3.8) is 0 Å². The third-order valence-electron chi connectivity index (χ3n) is 4.10. The molecule has 0 aromatic heterocycles. The van der Waals surface area contributed by atoms with Crippen LogP contribution in [0.3, 0.4) is 0 Å². The van der Waals surface area contributed by atoms with Crippen molar-refractivity contribution in [3.05, 3.63) is 0 Å². The number of amides is 1. The number of likely N-dealkylation sites (tertiary alicyclic amines) is 1. The molecule has 1 atom stereocenters. The summed E-state index contributed by atoms with van der Waals surface area (Å²) in [5, 5.41) is 9.20. The zero-order chi connectivity index (χ0) is 11.4. The number of rotatable bonds is 3. The lowest BCUT2D eigenvalue weighted by Gasteiger charge is -2.27. The van der Waals surface area contributed by atoms with Gasteiger partial charge in [0, 0.05) is 13.0 Å². The van der Waals surface area contributed by atoms with E-state index >= 15 is 0 Å². The second-order valence-corrected chi connectivity index (χ2v) is 5.27. The van der Waals surface area contributed by atoms with Crippen molar-refractivity contribution in [3.8, 4) is 0 Å². The number of hydrogen-bond acceptors (Lipinski definition) is 2. The van der Waals surface area contributed by atoms with Gasteiger partial charge in [-0.1, -0.05) is 19.3 Å². The Kier molecular flexibility index (Phi) is 4.22. The van der Waals surface area contributed by atoms with Crippen LogP contribution in [0.4, 0.5) is 0 Å². The van der Waals surface area contributed by atoms with Gasteiger partial charge in [-0.15, -0.1) is 0 Å². The number of hydrogen-bond donors (Lipinski definition) is 1. The minimum Gasteiger partial charge on any atom is -0.394 e. The molecular weight excluding hydrogens is 202 g/mol. The summed E-state index contributed by atoms with van der Waals surface area (Å²) >= 11 is 0. The molecule has 92 valence electrons. The zero-order valence-corrected chi connectivity index (χ0v) is 10.0. The molecule has 1 heterocycles. The Morgan fingerprint density at radius 1 is 1.12 bits per heavy atom. The standard InChI is InChI=1S/C13H23NO2/c15-10-12-7-4-8-14(12)13(16)9-11-5-2-1-3-6-11/h11-12,15H,1-10H2. The van der Waals surface area contributed by atoms with Crippen LogP contribution >= 0.6 is 0 Å². The van der Waals surface area contributed by atoms with Crippen LogP contribution in [0.1, 0.15) is 51.4 Å². The predicted molar refractivity (Wildman–Crippen MR) is 63.0 cm³/mol. The maximum atomic E-state index is 12.1. The van der Waals surface area contributed by atoms with E-state index in [4.69, 9.17) is 0 Å². The van der Waals surface area contributed by atoms with Crippen molar-refractivity contribution in [2.45, 2.75) is 57.4 Å². The first kappa shape index (κ1) is 11.9. The molecule has 1 N–H and O–H groups in total. The number of aliphatic hydroxyl groups excluding tert-OH is 1. The van der Waals surface area contributed by atoms with Crippen LogP contribution in [0.25, 0.3) is 0 Å². The van der Waals surface area contributed by atoms with Crippen LogP contribution in [0.2, 0.25) is 0 Å². The molecule has 0 radical (unpaired) electrons. The maximum Gasteiger partial charge on any atom is 0.223 e. The van der Waals surface area contributed by atoms with E-state index < -0.39 is 0 Å². The van der Waals surface area contributed by atoms with E-state index in [0.29, 0.717) is 5.92 Å². The fraction of sp³-hybridized carbons (Fsp3) is 0.923. The average molecular weight is 225 g/mol. The third-order valence-corrected chi connectivity index (χ3v) is 4.10. The molecule has 0 aromatic carbocycles. The lowest BCUT2D eigenvalue weighted by atomic mass is 9.86. The summed E-state index contributed by atoms with van der Waals surface area (Å²) in [6.45, 7) is 0.993. The lowest BCUT2D eigenvalue weighted by molar-refractivity contribution is -0.134. The molecule has 0 spiro atoms. The monoisotopic (exact) mass is 225 g/mol. The Balaban J connectivity index is 1.82. The Morgan fingerprint density at radius 3 is 2.56 bits per heavy atom. The molecule has 1 amide bonds. The summed E-state index contributed by atoms with van der Waals surface area (Å²) in [6.07, 6.45) is 9.13. The summed E-state index contributed by atoms with van der Waals surface area (Å²) in [7, 11) is 0. The Morgan fingerprint density at radius 2 is 1.88 bits per heavy atom. The molecule has 16 heavy (non-hydrogen) atoms. The minimum absolute atomic E-state index is 0.107. The van der Waals surface area contributed by atoms with E-state index in [1.165, 1.54) is 32.1 Å². The highest BCUT2D eigenvalue weighted by Gasteiger charge is 2.29. The average Bonchev–Trinajstić information content (AvgIpc) is 2.78. The van der Waals surface area contributed by atoms with Crippen molar-refractivity contribution in [2.75, 3.05) is 13.2 Å². The first-order chi connectivity index (χ1) is 7.81. The lowest BCUT2D eigenvalue weighted by Crippen LogP contribution is -2.38. The molecule has 2 aliphatic rings. The van der Waals surface area contributed by atoms with Crippen molar-refractivity contribution < 1.29 is 9.90 Å². The van der Waals surface area contributed by atoms with Gasteiger partial charge in [0.15, 0.2) is 0 Å². The summed E-state index contributed by atoms with van der Waals surface area (Å²) in [4.78, 5) is 14.0. The maximum absolute atomic E-state index is 12.1. The first-order valence-electron chi connectivity index (χ1n) is 6.71. The smallest absolute Gasteiger partial charge is 0.223 e. The largest absolute Gasteiger partial charge is 0.394 e. The molecule has 2 rings (SSSR count). The number of carbonyl (C=O) groups excluding carboxylic acids is 1. The summed E-state index contributed by atoms with van der Waals surface area (Å²) in [6, 6.07) is 0.107. The fourth-order valence-corrected chi connectivity index (χ4v) is 3.11. The molecule has 1 aliphatic carbocycles. The van der Waals surface area contributed by atoms with Gasteiger partial charge in [0.2, 0.25) is 5.91 Å². The number of nitrogens with zero attached hydrogens (tertiary/aromatic N) is 1. The van der Waals surface area contributed by atoms with E-state index in [1.54, 1.807) is 0 Å². The molecule has 1 aliphatic heterocycles. The van der Waals surface area contributed by atoms with Gasteiger partial charge in [0.05, 0.1) is 12.6 Å². The quantitative estimate of drug-likeness (QED) is 0.797. The molecule has 1 saturated carbocycles. The van der Waals surface area contributed by atoms with E-state index in [1.807, 2.05) is 4.90 Å². The van der Waals surface area contributed by atoms with Gasteiger partial charge in [-0.05, 0) is 31.6 Å². The first-order valence-corrected chi connectivity index (χ1v) is 6.71. The fourth-order valence-electron chi connectivity index (χ4n) is 3.11. The van der Waals surface area contributed by atoms with Crippen molar-refractivity contribution in [1.82, 2.24) is 4.90 Å². The van der Waals surface area contributed by atoms with E-state index in [0.717, 1.165) is 25.8 Å². The van der Waals surface area contributed by atoms with Gasteiger partial charge < -0.3 is 10.0 Å². The SMILES string of the molecule is O=C(CC1CCCCC1)N1CCCC1CO. The summed E-state index contributed by atoms with van der Waals surface area (Å²) < 4.78 is 0. The molecular formula is C13H23NO2. The normalized spacial score (nSPS) is 27.3. The predicted octanol–water partition coefficient (Wildman–Crippen LogP) is 1.94. The molecule has 0 aromatic rings. The topological polar surface area (TPSA) is 40.5 Å². The van der Waals surface area contributed by atoms with Crippen molar-refractivity contribution in [2.24, 2.45) is 5.92 Å². The highest BCUT2D eigenvalue weighted by atomic mass is 16.3. The molecule has 0 bridgehead atoms. The van der Waals surface area contributed by atoms with Crippen LogP contribution < -0.4 is 0 Å². The van der Waals surface area contributed by atoms with Gasteiger partial charge in [-0.25, -0.2) is 0 Å². The molecule has 3 nitrogen and oxygen atoms in total. The highest BCUT2D eigenvalue weighted by molar-refractivity contribution is 5.77. The van der Waals surface area contributed by atoms with Gasteiger partial charge >= 0.3 is 0 Å². The van der Waals surface area contributed by atoms with Gasteiger partial charge in [-0.3, -0.25) is 4.79 Å². The van der Waals surface area contributed by atoms with Gasteiger partial charge in [0.1, 0.15) is 0 Å². The Hall–Kier alpha value is -0.570. The molecule has 1 unspecified atom stereocenters. The van der Waals surface area contributed by atoms with Crippen LogP contribution in [0, 0.1) is 5.92 Å². The van der Waals surface area contributed by atoms with Gasteiger partial charge in [0.25, 0.3) is 0 Å². The van der Waals surface area contributed by atoms with Crippen LogP contribution in [0.15, 0.2) is 0 Å². The molecule has 2 fully saturated rings. The molecule has 1 saturated heterocycles. The second-order valence-electron chi connectivity index (χ2n) is 5.27.